The highest BCUT2D eigenvalue weighted by Crippen LogP contribution is 2.31. The third kappa shape index (κ3) is 4.91. The number of carboxylic acid groups (broad SMARTS) is 1. The van der Waals surface area contributed by atoms with E-state index in [1.54, 1.807) is 0 Å². The minimum atomic E-state index is -0.933. The van der Waals surface area contributed by atoms with Gasteiger partial charge in [0.25, 0.3) is 0 Å². The van der Waals surface area contributed by atoms with Crippen LogP contribution in [-0.4, -0.2) is 30.4 Å². The summed E-state index contributed by atoms with van der Waals surface area (Å²) in [6.07, 6.45) is 1.97. The molecule has 0 radical (unpaired) electrons. The molecule has 0 aliphatic rings. The molecule has 0 saturated heterocycles. The Morgan fingerprint density at radius 1 is 1.31 bits per heavy atom. The van der Waals surface area contributed by atoms with Crippen molar-refractivity contribution in [1.82, 2.24) is 0 Å². The van der Waals surface area contributed by atoms with Crippen LogP contribution in [0.5, 0.6) is 0 Å². The van der Waals surface area contributed by atoms with Crippen molar-refractivity contribution >= 4 is 18.2 Å². The van der Waals surface area contributed by atoms with E-state index in [1.807, 2.05) is 6.92 Å². The highest BCUT2D eigenvalue weighted by atomic mass is 16.5. The van der Waals surface area contributed by atoms with E-state index in [9.17, 15) is 14.4 Å². The fraction of sp³-hybridized carbons (Fsp3) is 0.727. The van der Waals surface area contributed by atoms with Crippen LogP contribution < -0.4 is 0 Å². The molecule has 5 heteroatoms. The first kappa shape index (κ1) is 14.6. The number of carbonyl (C=O) groups excluding carboxylic acids is 2. The molecule has 0 rings (SSSR count). The first-order chi connectivity index (χ1) is 7.49. The second-order valence-electron chi connectivity index (χ2n) is 3.80. The van der Waals surface area contributed by atoms with Gasteiger partial charge in [-0.3, -0.25) is 9.59 Å². The summed E-state index contributed by atoms with van der Waals surface area (Å²) < 4.78 is 4.49. The van der Waals surface area contributed by atoms with Gasteiger partial charge in [0.1, 0.15) is 6.29 Å². The Labute approximate surface area is 94.8 Å². The van der Waals surface area contributed by atoms with E-state index in [0.717, 1.165) is 6.29 Å². The maximum atomic E-state index is 11.0. The van der Waals surface area contributed by atoms with Gasteiger partial charge in [0.2, 0.25) is 0 Å². The van der Waals surface area contributed by atoms with Gasteiger partial charge in [0, 0.05) is 18.3 Å². The predicted octanol–water partition coefficient (Wildman–Crippen LogP) is 1.40. The van der Waals surface area contributed by atoms with Gasteiger partial charge in [-0.05, 0) is 19.3 Å². The standard InChI is InChI=1S/C11H18O5/c1-3-11(8-12,6-4-9(13)14)7-5-10(15)16-2/h8H,3-7H2,1-2H3,(H,13,14). The number of aldehydes is 1. The van der Waals surface area contributed by atoms with E-state index < -0.39 is 11.4 Å². The summed E-state index contributed by atoms with van der Waals surface area (Å²) in [5.41, 5.74) is -0.716. The minimum absolute atomic E-state index is 0.0618. The summed E-state index contributed by atoms with van der Waals surface area (Å²) in [4.78, 5) is 32.5. The lowest BCUT2D eigenvalue weighted by Crippen LogP contribution is -2.24. The third-order valence-electron chi connectivity index (χ3n) is 2.85. The summed E-state index contributed by atoms with van der Waals surface area (Å²) in [5, 5.41) is 8.58. The number of carboxylic acids is 1. The molecule has 1 N–H and O–H groups in total. The molecule has 0 aliphatic heterocycles. The molecule has 0 aromatic rings. The summed E-state index contributed by atoms with van der Waals surface area (Å²) in [6.45, 7) is 1.81. The number of methoxy groups -OCH3 is 1. The molecule has 0 aromatic carbocycles. The highest BCUT2D eigenvalue weighted by molar-refractivity contribution is 5.71. The van der Waals surface area contributed by atoms with E-state index in [1.165, 1.54) is 7.11 Å². The zero-order valence-corrected chi connectivity index (χ0v) is 9.69. The van der Waals surface area contributed by atoms with Crippen molar-refractivity contribution in [3.05, 3.63) is 0 Å². The molecule has 0 aromatic heterocycles. The first-order valence-electron chi connectivity index (χ1n) is 5.24. The van der Waals surface area contributed by atoms with Gasteiger partial charge < -0.3 is 14.6 Å². The largest absolute Gasteiger partial charge is 0.481 e. The van der Waals surface area contributed by atoms with Crippen molar-refractivity contribution in [2.75, 3.05) is 7.11 Å². The fourth-order valence-electron chi connectivity index (χ4n) is 1.49. The molecule has 16 heavy (non-hydrogen) atoms. The Bertz CT molecular complexity index is 261. The van der Waals surface area contributed by atoms with Gasteiger partial charge >= 0.3 is 11.9 Å². The topological polar surface area (TPSA) is 80.7 Å². The van der Waals surface area contributed by atoms with Crippen molar-refractivity contribution < 1.29 is 24.2 Å². The monoisotopic (exact) mass is 230 g/mol. The summed E-state index contributed by atoms with van der Waals surface area (Å²) in [5.74, 6) is -1.31. The van der Waals surface area contributed by atoms with Crippen LogP contribution in [0.15, 0.2) is 0 Å². The van der Waals surface area contributed by atoms with Gasteiger partial charge in [-0.15, -0.1) is 0 Å². The molecule has 1 unspecified atom stereocenters. The second kappa shape index (κ2) is 6.98. The van der Waals surface area contributed by atoms with Gasteiger partial charge in [0.15, 0.2) is 0 Å². The average molecular weight is 230 g/mol. The van der Waals surface area contributed by atoms with Crippen LogP contribution in [0.3, 0.4) is 0 Å². The number of hydrogen-bond acceptors (Lipinski definition) is 4. The van der Waals surface area contributed by atoms with Crippen molar-refractivity contribution in [3.8, 4) is 0 Å². The van der Waals surface area contributed by atoms with Crippen LogP contribution >= 0.6 is 0 Å². The number of ether oxygens (including phenoxy) is 1. The number of rotatable bonds is 8. The number of carbonyl (C=O) groups is 3. The van der Waals surface area contributed by atoms with E-state index in [-0.39, 0.29) is 25.2 Å². The molecule has 0 spiro atoms. The Morgan fingerprint density at radius 2 is 1.88 bits per heavy atom. The first-order valence-corrected chi connectivity index (χ1v) is 5.24. The lowest BCUT2D eigenvalue weighted by Gasteiger charge is -2.25. The van der Waals surface area contributed by atoms with Gasteiger partial charge in [-0.25, -0.2) is 0 Å². The van der Waals surface area contributed by atoms with E-state index in [2.05, 4.69) is 4.74 Å². The van der Waals surface area contributed by atoms with Gasteiger partial charge in [-0.1, -0.05) is 6.92 Å². The van der Waals surface area contributed by atoms with Gasteiger partial charge in [0.05, 0.1) is 7.11 Å². The second-order valence-corrected chi connectivity index (χ2v) is 3.80. The molecule has 0 bridgehead atoms. The van der Waals surface area contributed by atoms with Crippen LogP contribution in [0.25, 0.3) is 0 Å². The molecule has 92 valence electrons. The quantitative estimate of drug-likeness (QED) is 0.503. The average Bonchev–Trinajstić information content (AvgIpc) is 2.29. The van der Waals surface area contributed by atoms with Crippen LogP contribution in [0.2, 0.25) is 0 Å². The predicted molar refractivity (Wildman–Crippen MR) is 56.9 cm³/mol. The zero-order chi connectivity index (χ0) is 12.6. The summed E-state index contributed by atoms with van der Waals surface area (Å²) >= 11 is 0. The maximum absolute atomic E-state index is 11.0. The van der Waals surface area contributed by atoms with Crippen molar-refractivity contribution in [2.24, 2.45) is 5.41 Å². The van der Waals surface area contributed by atoms with Gasteiger partial charge in [-0.2, -0.15) is 0 Å². The molecule has 5 nitrogen and oxygen atoms in total. The molecule has 0 saturated carbocycles. The smallest absolute Gasteiger partial charge is 0.305 e. The fourth-order valence-corrected chi connectivity index (χ4v) is 1.49. The van der Waals surface area contributed by atoms with Crippen molar-refractivity contribution in [2.45, 2.75) is 39.0 Å². The number of esters is 1. The summed E-state index contributed by atoms with van der Waals surface area (Å²) in [6, 6.07) is 0. The van der Waals surface area contributed by atoms with Crippen molar-refractivity contribution in [3.63, 3.8) is 0 Å². The molecular formula is C11H18O5. The molecule has 0 heterocycles. The zero-order valence-electron chi connectivity index (χ0n) is 9.69. The molecule has 1 atom stereocenters. The minimum Gasteiger partial charge on any atom is -0.481 e. The maximum Gasteiger partial charge on any atom is 0.305 e. The number of aliphatic carboxylic acids is 1. The molecule has 0 fully saturated rings. The molecule has 0 amide bonds. The summed E-state index contributed by atoms with van der Waals surface area (Å²) in [7, 11) is 1.29. The van der Waals surface area contributed by atoms with E-state index >= 15 is 0 Å². The third-order valence-corrected chi connectivity index (χ3v) is 2.85. The van der Waals surface area contributed by atoms with Crippen LogP contribution in [0.4, 0.5) is 0 Å². The number of hydrogen-bond donors (Lipinski definition) is 1. The lowest BCUT2D eigenvalue weighted by atomic mass is 9.78. The Hall–Kier alpha value is -1.39. The molecular weight excluding hydrogens is 212 g/mol. The SMILES string of the molecule is CCC(C=O)(CCC(=O)O)CCC(=O)OC. The van der Waals surface area contributed by atoms with Crippen molar-refractivity contribution in [1.29, 1.82) is 0 Å². The molecule has 0 aliphatic carbocycles. The Kier molecular flexibility index (Phi) is 6.37. The Balaban J connectivity index is 4.37. The normalized spacial score (nSPS) is 13.9. The van der Waals surface area contributed by atoms with Crippen LogP contribution in [0.1, 0.15) is 39.0 Å². The van der Waals surface area contributed by atoms with E-state index in [0.29, 0.717) is 12.8 Å². The van der Waals surface area contributed by atoms with Crippen LogP contribution in [0, 0.1) is 5.41 Å². The highest BCUT2D eigenvalue weighted by Gasteiger charge is 2.29. The van der Waals surface area contributed by atoms with Crippen LogP contribution in [-0.2, 0) is 19.1 Å². The lowest BCUT2D eigenvalue weighted by molar-refractivity contribution is -0.141. The Morgan fingerprint density at radius 3 is 2.25 bits per heavy atom. The van der Waals surface area contributed by atoms with E-state index in [4.69, 9.17) is 5.11 Å².